The molecular weight excluding hydrogens is 277 g/mol. The van der Waals surface area contributed by atoms with Gasteiger partial charge < -0.3 is 9.72 Å². The number of aromatic nitrogens is 1. The van der Waals surface area contributed by atoms with Crippen LogP contribution in [-0.2, 0) is 4.74 Å². The van der Waals surface area contributed by atoms with E-state index in [1.807, 2.05) is 0 Å². The Kier molecular flexibility index (Phi) is 3.59. The van der Waals surface area contributed by atoms with Crippen LogP contribution in [0.4, 0.5) is 0 Å². The first-order valence-corrected chi connectivity index (χ1v) is 5.99. The summed E-state index contributed by atoms with van der Waals surface area (Å²) in [5.41, 5.74) is -0.335. The molecule has 0 saturated heterocycles. The lowest BCUT2D eigenvalue weighted by molar-refractivity contribution is 0.0524. The number of rotatable bonds is 2. The zero-order chi connectivity index (χ0) is 13.3. The lowest BCUT2D eigenvalue weighted by Gasteiger charge is -2.07. The van der Waals surface area contributed by atoms with Crippen molar-refractivity contribution in [3.63, 3.8) is 0 Å². The summed E-state index contributed by atoms with van der Waals surface area (Å²) in [5, 5.41) is 0.806. The zero-order valence-electron chi connectivity index (χ0n) is 9.42. The molecule has 4 nitrogen and oxygen atoms in total. The van der Waals surface area contributed by atoms with Crippen molar-refractivity contribution in [3.8, 4) is 0 Å². The fraction of sp³-hybridized carbons (Fsp3) is 0.167. The van der Waals surface area contributed by atoms with Crippen LogP contribution in [0.25, 0.3) is 10.9 Å². The van der Waals surface area contributed by atoms with Gasteiger partial charge in [-0.05, 0) is 19.1 Å². The number of carbonyl (C=O) groups excluding carboxylic acids is 1. The Balaban J connectivity index is 2.80. The van der Waals surface area contributed by atoms with E-state index in [0.29, 0.717) is 15.9 Å². The summed E-state index contributed by atoms with van der Waals surface area (Å²) in [6, 6.07) is 4.97. The summed E-state index contributed by atoms with van der Waals surface area (Å²) in [6.45, 7) is 1.81. The third-order valence-corrected chi connectivity index (χ3v) is 3.10. The first kappa shape index (κ1) is 12.9. The van der Waals surface area contributed by atoms with Crippen molar-refractivity contribution in [2.45, 2.75) is 6.92 Å². The largest absolute Gasteiger partial charge is 0.462 e. The Morgan fingerprint density at radius 2 is 2.11 bits per heavy atom. The molecule has 94 valence electrons. The van der Waals surface area contributed by atoms with Crippen LogP contribution in [0, 0.1) is 0 Å². The van der Waals surface area contributed by atoms with E-state index in [1.54, 1.807) is 25.1 Å². The lowest BCUT2D eigenvalue weighted by atomic mass is 10.1. The normalized spacial score (nSPS) is 10.6. The number of fused-ring (bicyclic) bond motifs is 1. The maximum atomic E-state index is 11.8. The maximum Gasteiger partial charge on any atom is 0.345 e. The molecule has 1 aromatic carbocycles. The van der Waals surface area contributed by atoms with Crippen LogP contribution in [0.5, 0.6) is 0 Å². The number of pyridine rings is 1. The van der Waals surface area contributed by atoms with Crippen LogP contribution in [0.15, 0.2) is 23.0 Å². The van der Waals surface area contributed by atoms with E-state index in [0.717, 1.165) is 0 Å². The molecule has 0 aliphatic heterocycles. The number of H-pyrrole nitrogens is 1. The van der Waals surface area contributed by atoms with Crippen molar-refractivity contribution < 1.29 is 9.53 Å². The smallest absolute Gasteiger partial charge is 0.345 e. The Labute approximate surface area is 112 Å². The summed E-state index contributed by atoms with van der Waals surface area (Å²) in [5.74, 6) is -0.759. The Bertz CT molecular complexity index is 679. The van der Waals surface area contributed by atoms with E-state index in [-0.39, 0.29) is 17.2 Å². The van der Waals surface area contributed by atoms with Gasteiger partial charge >= 0.3 is 5.97 Å². The van der Waals surface area contributed by atoms with Gasteiger partial charge in [0, 0.05) is 5.39 Å². The van der Waals surface area contributed by atoms with Gasteiger partial charge in [0.05, 0.1) is 22.2 Å². The van der Waals surface area contributed by atoms with Crippen LogP contribution in [0.3, 0.4) is 0 Å². The number of ether oxygens (including phenoxy) is 1. The average Bonchev–Trinajstić information content (AvgIpc) is 2.28. The van der Waals surface area contributed by atoms with Crippen molar-refractivity contribution in [1.29, 1.82) is 0 Å². The fourth-order valence-electron chi connectivity index (χ4n) is 1.65. The van der Waals surface area contributed by atoms with Gasteiger partial charge in [-0.3, -0.25) is 4.79 Å². The molecule has 0 aliphatic carbocycles. The number of nitrogens with one attached hydrogen (secondary N) is 1. The monoisotopic (exact) mass is 285 g/mol. The molecule has 0 bridgehead atoms. The molecule has 0 unspecified atom stereocenters. The highest BCUT2D eigenvalue weighted by Crippen LogP contribution is 2.30. The molecule has 0 fully saturated rings. The molecular formula is C12H9Cl2NO3. The van der Waals surface area contributed by atoms with E-state index in [9.17, 15) is 9.59 Å². The minimum absolute atomic E-state index is 0.0119. The number of esters is 1. The third kappa shape index (κ3) is 2.09. The van der Waals surface area contributed by atoms with Crippen LogP contribution < -0.4 is 5.56 Å². The number of hydrogen-bond donors (Lipinski definition) is 1. The van der Waals surface area contributed by atoms with Gasteiger partial charge in [-0.1, -0.05) is 29.3 Å². The molecule has 1 aromatic heterocycles. The molecule has 2 aromatic rings. The van der Waals surface area contributed by atoms with Gasteiger partial charge in [-0.25, -0.2) is 4.79 Å². The van der Waals surface area contributed by atoms with E-state index in [4.69, 9.17) is 27.9 Å². The van der Waals surface area contributed by atoms with Gasteiger partial charge in [0.1, 0.15) is 5.56 Å². The predicted molar refractivity (Wildman–Crippen MR) is 70.5 cm³/mol. The summed E-state index contributed by atoms with van der Waals surface area (Å²) in [7, 11) is 0. The zero-order valence-corrected chi connectivity index (χ0v) is 10.9. The van der Waals surface area contributed by atoms with E-state index >= 15 is 0 Å². The van der Waals surface area contributed by atoms with E-state index in [2.05, 4.69) is 4.98 Å². The number of benzene rings is 1. The molecule has 2 rings (SSSR count). The molecule has 0 radical (unpaired) electrons. The number of hydrogen-bond acceptors (Lipinski definition) is 3. The second kappa shape index (κ2) is 5.00. The predicted octanol–water partition coefficient (Wildman–Crippen LogP) is 3.01. The molecule has 1 N–H and O–H groups in total. The fourth-order valence-corrected chi connectivity index (χ4v) is 2.33. The highest BCUT2D eigenvalue weighted by molar-refractivity contribution is 6.43. The summed E-state index contributed by atoms with van der Waals surface area (Å²) >= 11 is 12.1. The molecule has 0 atom stereocenters. The Morgan fingerprint density at radius 1 is 1.39 bits per heavy atom. The van der Waals surface area contributed by atoms with Crippen molar-refractivity contribution >= 4 is 40.1 Å². The van der Waals surface area contributed by atoms with E-state index < -0.39 is 11.5 Å². The first-order valence-electron chi connectivity index (χ1n) is 5.23. The van der Waals surface area contributed by atoms with Crippen LogP contribution in [-0.4, -0.2) is 17.6 Å². The SMILES string of the molecule is CCOC(=O)c1c(Cl)c2c(Cl)cccc2[nH]c1=O. The minimum Gasteiger partial charge on any atom is -0.462 e. The van der Waals surface area contributed by atoms with Crippen molar-refractivity contribution in [1.82, 2.24) is 4.98 Å². The van der Waals surface area contributed by atoms with Crippen molar-refractivity contribution in [2.24, 2.45) is 0 Å². The first-order chi connectivity index (χ1) is 8.56. The summed E-state index contributed by atoms with van der Waals surface area (Å²) < 4.78 is 4.79. The lowest BCUT2D eigenvalue weighted by Crippen LogP contribution is -2.20. The topological polar surface area (TPSA) is 59.2 Å². The van der Waals surface area contributed by atoms with Gasteiger partial charge in [-0.15, -0.1) is 0 Å². The van der Waals surface area contributed by atoms with Crippen molar-refractivity contribution in [3.05, 3.63) is 44.2 Å². The highest BCUT2D eigenvalue weighted by Gasteiger charge is 2.20. The Hall–Kier alpha value is -1.52. The van der Waals surface area contributed by atoms with Gasteiger partial charge in [0.2, 0.25) is 0 Å². The highest BCUT2D eigenvalue weighted by atomic mass is 35.5. The summed E-state index contributed by atoms with van der Waals surface area (Å²) in [6.07, 6.45) is 0. The summed E-state index contributed by atoms with van der Waals surface area (Å²) in [4.78, 5) is 26.0. The number of halogens is 2. The van der Waals surface area contributed by atoms with Crippen LogP contribution in [0.1, 0.15) is 17.3 Å². The van der Waals surface area contributed by atoms with Gasteiger partial charge in [0.15, 0.2) is 0 Å². The Morgan fingerprint density at radius 3 is 2.78 bits per heavy atom. The molecule has 0 amide bonds. The molecule has 18 heavy (non-hydrogen) atoms. The maximum absolute atomic E-state index is 11.8. The molecule has 0 spiro atoms. The standard InChI is InChI=1S/C12H9Cl2NO3/c1-2-18-12(17)9-10(14)8-6(13)4-3-5-7(8)15-11(9)16/h3-5H,2H2,1H3,(H,15,16). The molecule has 1 heterocycles. The van der Waals surface area contributed by atoms with Gasteiger partial charge in [0.25, 0.3) is 5.56 Å². The third-order valence-electron chi connectivity index (χ3n) is 2.41. The van der Waals surface area contributed by atoms with Gasteiger partial charge in [-0.2, -0.15) is 0 Å². The number of carbonyl (C=O) groups is 1. The average molecular weight is 286 g/mol. The minimum atomic E-state index is -0.759. The van der Waals surface area contributed by atoms with Crippen molar-refractivity contribution in [2.75, 3.05) is 6.61 Å². The van der Waals surface area contributed by atoms with Crippen LogP contribution >= 0.6 is 23.2 Å². The van der Waals surface area contributed by atoms with Crippen LogP contribution in [0.2, 0.25) is 10.0 Å². The second-order valence-electron chi connectivity index (χ2n) is 3.53. The quantitative estimate of drug-likeness (QED) is 0.863. The number of aromatic amines is 1. The molecule has 0 saturated carbocycles. The second-order valence-corrected chi connectivity index (χ2v) is 4.31. The molecule has 6 heteroatoms. The molecule has 0 aliphatic rings. The van der Waals surface area contributed by atoms with E-state index in [1.165, 1.54) is 0 Å².